The number of benzene rings is 1. The molecule has 0 atom stereocenters. The van der Waals surface area contributed by atoms with E-state index in [1.54, 1.807) is 12.4 Å². The van der Waals surface area contributed by atoms with Gasteiger partial charge in [-0.2, -0.15) is 0 Å². The molecule has 0 aliphatic carbocycles. The summed E-state index contributed by atoms with van der Waals surface area (Å²) in [5.41, 5.74) is 0.630. The Morgan fingerprint density at radius 3 is 2.64 bits per heavy atom. The van der Waals surface area contributed by atoms with Crippen molar-refractivity contribution in [2.24, 2.45) is 0 Å². The minimum absolute atomic E-state index is 0.0454. The van der Waals surface area contributed by atoms with E-state index in [1.807, 2.05) is 0 Å². The smallest absolute Gasteiger partial charge is 0.263 e. The molecule has 0 aliphatic heterocycles. The lowest BCUT2D eigenvalue weighted by atomic mass is 10.2. The minimum atomic E-state index is -3.80. The van der Waals surface area contributed by atoms with Crippen LogP contribution in [0.4, 0.5) is 9.52 Å². The fraction of sp³-hybridized carbons (Fsp3) is 0.231. The molecule has 0 unspecified atom stereocenters. The molecule has 1 aromatic heterocycles. The lowest BCUT2D eigenvalue weighted by molar-refractivity contribution is -0.120. The molecule has 118 valence electrons. The molecule has 22 heavy (non-hydrogen) atoms. The Hall–Kier alpha value is -2.00. The average molecular weight is 343 g/mol. The number of thiazole rings is 1. The number of nitrogens with one attached hydrogen (secondary N) is 2. The van der Waals surface area contributed by atoms with Gasteiger partial charge in [-0.15, -0.1) is 11.3 Å². The molecule has 1 heterocycles. The van der Waals surface area contributed by atoms with Crippen LogP contribution in [0.3, 0.4) is 0 Å². The Morgan fingerprint density at radius 2 is 2.00 bits per heavy atom. The molecule has 1 amide bonds. The van der Waals surface area contributed by atoms with E-state index >= 15 is 0 Å². The summed E-state index contributed by atoms with van der Waals surface area (Å²) in [5, 5.41) is 4.39. The Morgan fingerprint density at radius 1 is 1.32 bits per heavy atom. The highest BCUT2D eigenvalue weighted by atomic mass is 32.2. The van der Waals surface area contributed by atoms with Gasteiger partial charge in [0, 0.05) is 18.8 Å². The van der Waals surface area contributed by atoms with Gasteiger partial charge in [0.15, 0.2) is 5.13 Å². The first kappa shape index (κ1) is 16.4. The number of anilines is 1. The number of sulfonamides is 1. The first-order chi connectivity index (χ1) is 10.4. The number of aromatic nitrogens is 1. The van der Waals surface area contributed by atoms with Gasteiger partial charge < -0.3 is 5.32 Å². The second kappa shape index (κ2) is 6.84. The lowest BCUT2D eigenvalue weighted by Gasteiger charge is -2.04. The molecule has 0 aliphatic rings. The fourth-order valence-corrected chi connectivity index (χ4v) is 3.62. The van der Waals surface area contributed by atoms with Gasteiger partial charge in [-0.1, -0.05) is 0 Å². The summed E-state index contributed by atoms with van der Waals surface area (Å²) in [6.07, 6.45) is 0.707. The predicted octanol–water partition coefficient (Wildman–Crippen LogP) is 1.76. The maximum atomic E-state index is 12.8. The predicted molar refractivity (Wildman–Crippen MR) is 81.7 cm³/mol. The van der Waals surface area contributed by atoms with Crippen LogP contribution < -0.4 is 10.0 Å². The topological polar surface area (TPSA) is 88.2 Å². The van der Waals surface area contributed by atoms with Crippen LogP contribution in [0.15, 0.2) is 34.5 Å². The zero-order chi connectivity index (χ0) is 16.2. The van der Waals surface area contributed by atoms with Crippen molar-refractivity contribution in [3.05, 3.63) is 41.2 Å². The number of hydrogen-bond donors (Lipinski definition) is 2. The average Bonchev–Trinajstić information content (AvgIpc) is 2.92. The number of carbonyl (C=O) groups is 1. The lowest BCUT2D eigenvalue weighted by Crippen LogP contribution is -2.18. The van der Waals surface area contributed by atoms with Gasteiger partial charge in [0.2, 0.25) is 5.91 Å². The second-order valence-electron chi connectivity index (χ2n) is 4.38. The summed E-state index contributed by atoms with van der Waals surface area (Å²) < 4.78 is 39.4. The summed E-state index contributed by atoms with van der Waals surface area (Å²) in [5.74, 6) is -0.619. The van der Waals surface area contributed by atoms with E-state index in [9.17, 15) is 17.6 Å². The summed E-state index contributed by atoms with van der Waals surface area (Å²) in [7, 11) is -2.25. The Balaban J connectivity index is 2.05. The van der Waals surface area contributed by atoms with Gasteiger partial charge >= 0.3 is 0 Å². The van der Waals surface area contributed by atoms with Crippen molar-refractivity contribution >= 4 is 32.4 Å². The van der Waals surface area contributed by atoms with Crippen molar-refractivity contribution in [1.82, 2.24) is 10.3 Å². The molecule has 9 heteroatoms. The number of halogens is 1. The largest absolute Gasteiger partial charge is 0.359 e. The van der Waals surface area contributed by atoms with E-state index in [2.05, 4.69) is 15.0 Å². The normalized spacial score (nSPS) is 11.2. The van der Waals surface area contributed by atoms with Gasteiger partial charge in [-0.05, 0) is 30.7 Å². The van der Waals surface area contributed by atoms with Crippen molar-refractivity contribution in [3.8, 4) is 0 Å². The number of aryl methyl sites for hydroxylation is 1. The Kier molecular flexibility index (Phi) is 5.09. The first-order valence-electron chi connectivity index (χ1n) is 6.34. The van der Waals surface area contributed by atoms with Crippen LogP contribution in [0, 0.1) is 5.82 Å². The summed E-state index contributed by atoms with van der Waals surface area (Å²) in [4.78, 5) is 15.2. The molecular weight excluding hydrogens is 329 g/mol. The van der Waals surface area contributed by atoms with Gasteiger partial charge in [0.25, 0.3) is 10.0 Å². The van der Waals surface area contributed by atoms with Crippen LogP contribution in [0.2, 0.25) is 0 Å². The van der Waals surface area contributed by atoms with E-state index in [0.29, 0.717) is 12.1 Å². The van der Waals surface area contributed by atoms with Crippen LogP contribution in [-0.2, 0) is 21.2 Å². The summed E-state index contributed by atoms with van der Waals surface area (Å²) >= 11 is 1.13. The molecule has 1 aromatic carbocycles. The molecule has 6 nitrogen and oxygen atoms in total. The molecule has 2 N–H and O–H groups in total. The van der Waals surface area contributed by atoms with Crippen LogP contribution in [0.5, 0.6) is 0 Å². The zero-order valence-electron chi connectivity index (χ0n) is 11.7. The van der Waals surface area contributed by atoms with Gasteiger partial charge in [-0.25, -0.2) is 17.8 Å². The Bertz CT molecular complexity index is 757. The van der Waals surface area contributed by atoms with Crippen LogP contribution >= 0.6 is 11.3 Å². The summed E-state index contributed by atoms with van der Waals surface area (Å²) in [6, 6.07) is 4.51. The molecular formula is C13H14FN3O3S2. The highest BCUT2D eigenvalue weighted by molar-refractivity contribution is 7.93. The molecule has 2 rings (SSSR count). The van der Waals surface area contributed by atoms with E-state index in [0.717, 1.165) is 23.5 Å². The monoisotopic (exact) mass is 343 g/mol. The second-order valence-corrected chi connectivity index (χ2v) is 6.92. The maximum Gasteiger partial charge on any atom is 0.263 e. The van der Waals surface area contributed by atoms with Gasteiger partial charge in [0.1, 0.15) is 5.82 Å². The van der Waals surface area contributed by atoms with Crippen LogP contribution in [0.1, 0.15) is 12.1 Å². The minimum Gasteiger partial charge on any atom is -0.359 e. The third-order valence-electron chi connectivity index (χ3n) is 2.78. The van der Waals surface area contributed by atoms with Crippen molar-refractivity contribution in [2.75, 3.05) is 11.8 Å². The molecule has 0 saturated heterocycles. The Labute approximate surface area is 131 Å². The van der Waals surface area contributed by atoms with E-state index in [1.165, 1.54) is 12.1 Å². The third-order valence-corrected chi connectivity index (χ3v) is 5.07. The van der Waals surface area contributed by atoms with Crippen molar-refractivity contribution in [3.63, 3.8) is 0 Å². The zero-order valence-corrected chi connectivity index (χ0v) is 13.3. The number of hydrogen-bond acceptors (Lipinski definition) is 5. The maximum absolute atomic E-state index is 12.8. The van der Waals surface area contributed by atoms with E-state index in [4.69, 9.17) is 0 Å². The molecule has 0 bridgehead atoms. The van der Waals surface area contributed by atoms with Gasteiger partial charge in [0.05, 0.1) is 10.6 Å². The molecule has 0 radical (unpaired) electrons. The molecule has 2 aromatic rings. The number of nitrogens with zero attached hydrogens (tertiary/aromatic N) is 1. The van der Waals surface area contributed by atoms with Crippen molar-refractivity contribution in [2.45, 2.75) is 17.7 Å². The summed E-state index contributed by atoms with van der Waals surface area (Å²) in [6.45, 7) is 0. The van der Waals surface area contributed by atoms with E-state index in [-0.39, 0.29) is 22.4 Å². The van der Waals surface area contributed by atoms with Crippen molar-refractivity contribution < 1.29 is 17.6 Å². The van der Waals surface area contributed by atoms with Crippen LogP contribution in [-0.4, -0.2) is 26.4 Å². The quantitative estimate of drug-likeness (QED) is 0.836. The standard InChI is InChI=1S/C13H14FN3O3S2/c1-15-12(18)7-4-10-8-21-13(16-10)17-22(19,20)11-5-2-9(14)3-6-11/h2-3,5-6,8H,4,7H2,1H3,(H,15,18)(H,16,17). The highest BCUT2D eigenvalue weighted by Gasteiger charge is 2.16. The number of carbonyl (C=O) groups excluding carboxylic acids is 1. The first-order valence-corrected chi connectivity index (χ1v) is 8.70. The van der Waals surface area contributed by atoms with Crippen molar-refractivity contribution in [1.29, 1.82) is 0 Å². The molecule has 0 fully saturated rings. The molecule has 0 spiro atoms. The van der Waals surface area contributed by atoms with Gasteiger partial charge in [-0.3, -0.25) is 9.52 Å². The SMILES string of the molecule is CNC(=O)CCc1csc(NS(=O)(=O)c2ccc(F)cc2)n1. The number of amides is 1. The third kappa shape index (κ3) is 4.25. The van der Waals surface area contributed by atoms with Crippen LogP contribution in [0.25, 0.3) is 0 Å². The van der Waals surface area contributed by atoms with E-state index < -0.39 is 15.8 Å². The molecule has 0 saturated carbocycles. The fourth-order valence-electron chi connectivity index (χ4n) is 1.62. The number of rotatable bonds is 6. The highest BCUT2D eigenvalue weighted by Crippen LogP contribution is 2.21.